The van der Waals surface area contributed by atoms with Crippen molar-refractivity contribution < 1.29 is 19.1 Å². The molecular formula is C22H25ClN2O4S. The van der Waals surface area contributed by atoms with Gasteiger partial charge in [-0.2, -0.15) is 0 Å². The highest BCUT2D eigenvalue weighted by molar-refractivity contribution is 7.14. The molecule has 3 heterocycles. The second-order valence-electron chi connectivity index (χ2n) is 7.60. The van der Waals surface area contributed by atoms with E-state index in [-0.39, 0.29) is 12.1 Å². The molecule has 160 valence electrons. The van der Waals surface area contributed by atoms with Crippen molar-refractivity contribution in [3.8, 4) is 5.06 Å². The number of halogens is 1. The number of piperidine rings is 1. The summed E-state index contributed by atoms with van der Waals surface area (Å²) in [5.41, 5.74) is 1.81. The number of carbonyl (C=O) groups excluding carboxylic acids is 2. The van der Waals surface area contributed by atoms with Crippen molar-refractivity contribution in [1.82, 2.24) is 9.80 Å². The third-order valence-corrected chi connectivity index (χ3v) is 7.12. The van der Waals surface area contributed by atoms with Crippen molar-refractivity contribution in [3.63, 3.8) is 0 Å². The minimum Gasteiger partial charge on any atom is -0.468 e. The lowest BCUT2D eigenvalue weighted by atomic mass is 10.0. The van der Waals surface area contributed by atoms with Gasteiger partial charge < -0.3 is 14.4 Å². The zero-order valence-electron chi connectivity index (χ0n) is 16.9. The van der Waals surface area contributed by atoms with Gasteiger partial charge in [-0.25, -0.2) is 9.59 Å². The summed E-state index contributed by atoms with van der Waals surface area (Å²) in [7, 11) is 1.39. The minimum absolute atomic E-state index is 0.270. The van der Waals surface area contributed by atoms with E-state index < -0.39 is 6.04 Å². The van der Waals surface area contributed by atoms with Gasteiger partial charge in [-0.1, -0.05) is 29.8 Å². The van der Waals surface area contributed by atoms with Crippen molar-refractivity contribution >= 4 is 35.0 Å². The van der Waals surface area contributed by atoms with Crippen molar-refractivity contribution in [2.24, 2.45) is 0 Å². The standard InChI is InChI=1S/C22H25ClN2O4S/c1-28-21(26)20(16-7-3-4-8-17(16)23)25-12-9-18-15(14-25)13-19(30-18)29-22(27)24-10-5-2-6-11-24/h3-4,7-8,13,20H,2,5-6,9-12,14H2,1H3/t20-/m0/s1. The number of fused-ring (bicyclic) bond motifs is 1. The number of amides is 1. The zero-order chi connectivity index (χ0) is 21.1. The Kier molecular flexibility index (Phi) is 6.61. The Labute approximate surface area is 185 Å². The number of esters is 1. The van der Waals surface area contributed by atoms with E-state index >= 15 is 0 Å². The fourth-order valence-electron chi connectivity index (χ4n) is 4.11. The molecule has 1 fully saturated rings. The van der Waals surface area contributed by atoms with E-state index in [9.17, 15) is 9.59 Å². The predicted octanol–water partition coefficient (Wildman–Crippen LogP) is 4.66. The van der Waals surface area contributed by atoms with E-state index in [1.165, 1.54) is 29.7 Å². The van der Waals surface area contributed by atoms with Gasteiger partial charge in [-0.05, 0) is 48.9 Å². The van der Waals surface area contributed by atoms with Crippen LogP contribution in [0.4, 0.5) is 4.79 Å². The lowest BCUT2D eigenvalue weighted by Gasteiger charge is -2.33. The van der Waals surface area contributed by atoms with Crippen LogP contribution < -0.4 is 4.74 Å². The second kappa shape index (κ2) is 9.37. The molecule has 1 saturated heterocycles. The number of thiophene rings is 1. The average Bonchev–Trinajstić information content (AvgIpc) is 3.17. The first kappa shape index (κ1) is 21.2. The average molecular weight is 449 g/mol. The van der Waals surface area contributed by atoms with E-state index in [1.807, 2.05) is 24.3 Å². The van der Waals surface area contributed by atoms with Gasteiger partial charge in [0.25, 0.3) is 0 Å². The summed E-state index contributed by atoms with van der Waals surface area (Å²) < 4.78 is 10.7. The maximum atomic E-state index is 12.6. The molecule has 0 aliphatic carbocycles. The summed E-state index contributed by atoms with van der Waals surface area (Å²) >= 11 is 7.90. The zero-order valence-corrected chi connectivity index (χ0v) is 18.5. The number of likely N-dealkylation sites (tertiary alicyclic amines) is 1. The number of methoxy groups -OCH3 is 1. The molecule has 1 aromatic heterocycles. The molecule has 0 unspecified atom stereocenters. The third-order valence-electron chi connectivity index (χ3n) is 5.67. The molecule has 1 aromatic carbocycles. The molecule has 30 heavy (non-hydrogen) atoms. The van der Waals surface area contributed by atoms with Crippen LogP contribution in [0, 0.1) is 0 Å². The van der Waals surface area contributed by atoms with Crippen LogP contribution >= 0.6 is 22.9 Å². The maximum absolute atomic E-state index is 12.6. The molecule has 8 heteroatoms. The highest BCUT2D eigenvalue weighted by Gasteiger charge is 2.33. The summed E-state index contributed by atoms with van der Waals surface area (Å²) in [6.45, 7) is 2.78. The first-order valence-corrected chi connectivity index (χ1v) is 11.4. The first-order valence-electron chi connectivity index (χ1n) is 10.2. The van der Waals surface area contributed by atoms with E-state index in [2.05, 4.69) is 4.90 Å². The number of hydrogen-bond donors (Lipinski definition) is 0. The number of hydrogen-bond acceptors (Lipinski definition) is 6. The van der Waals surface area contributed by atoms with Crippen LogP contribution in [0.5, 0.6) is 5.06 Å². The number of benzene rings is 1. The van der Waals surface area contributed by atoms with Crippen molar-refractivity contribution in [3.05, 3.63) is 51.4 Å². The molecule has 2 aromatic rings. The normalized spacial score (nSPS) is 17.9. The molecule has 1 amide bonds. The number of nitrogens with zero attached hydrogens (tertiary/aromatic N) is 2. The van der Waals surface area contributed by atoms with Gasteiger partial charge in [-0.3, -0.25) is 4.90 Å². The summed E-state index contributed by atoms with van der Waals surface area (Å²) in [4.78, 5) is 30.1. The van der Waals surface area contributed by atoms with Crippen LogP contribution in [-0.2, 0) is 22.5 Å². The molecule has 4 rings (SSSR count). The highest BCUT2D eigenvalue weighted by Crippen LogP contribution is 2.38. The smallest absolute Gasteiger partial charge is 0.416 e. The number of ether oxygens (including phenoxy) is 2. The van der Waals surface area contributed by atoms with Gasteiger partial charge in [0.05, 0.1) is 7.11 Å². The molecular weight excluding hydrogens is 424 g/mol. The lowest BCUT2D eigenvalue weighted by molar-refractivity contribution is -0.147. The molecule has 1 atom stereocenters. The number of carbonyl (C=O) groups is 2. The van der Waals surface area contributed by atoms with Crippen LogP contribution in [0.3, 0.4) is 0 Å². The number of rotatable bonds is 4. The Morgan fingerprint density at radius 1 is 1.13 bits per heavy atom. The van der Waals surface area contributed by atoms with Crippen LogP contribution in [0.25, 0.3) is 0 Å². The Bertz CT molecular complexity index is 926. The summed E-state index contributed by atoms with van der Waals surface area (Å²) in [5, 5.41) is 1.16. The molecule has 0 radical (unpaired) electrons. The van der Waals surface area contributed by atoms with Crippen molar-refractivity contribution in [1.29, 1.82) is 0 Å². The van der Waals surface area contributed by atoms with Gasteiger partial charge >= 0.3 is 12.1 Å². The second-order valence-corrected chi connectivity index (χ2v) is 9.10. The Balaban J connectivity index is 1.50. The van der Waals surface area contributed by atoms with Gasteiger partial charge in [0, 0.05) is 36.1 Å². The SMILES string of the molecule is COC(=O)[C@H](c1ccccc1Cl)N1CCc2sc(OC(=O)N3CCCCC3)cc2C1. The fourth-order valence-corrected chi connectivity index (χ4v) is 5.35. The largest absolute Gasteiger partial charge is 0.468 e. The van der Waals surface area contributed by atoms with E-state index in [4.69, 9.17) is 21.1 Å². The van der Waals surface area contributed by atoms with Gasteiger partial charge in [0.1, 0.15) is 6.04 Å². The predicted molar refractivity (Wildman–Crippen MR) is 116 cm³/mol. The Morgan fingerprint density at radius 3 is 2.63 bits per heavy atom. The van der Waals surface area contributed by atoms with Gasteiger partial charge in [0.2, 0.25) is 0 Å². The van der Waals surface area contributed by atoms with Gasteiger partial charge in [-0.15, -0.1) is 11.3 Å². The highest BCUT2D eigenvalue weighted by atomic mass is 35.5. The molecule has 0 N–H and O–H groups in total. The summed E-state index contributed by atoms with van der Waals surface area (Å²) in [6, 6.07) is 8.71. The molecule has 0 saturated carbocycles. The topological polar surface area (TPSA) is 59.1 Å². The Hall–Kier alpha value is -2.09. The van der Waals surface area contributed by atoms with Gasteiger partial charge in [0.15, 0.2) is 5.06 Å². The fraction of sp³-hybridized carbons (Fsp3) is 0.455. The minimum atomic E-state index is -0.573. The van der Waals surface area contributed by atoms with Crippen LogP contribution in [0.1, 0.15) is 41.3 Å². The van der Waals surface area contributed by atoms with E-state index in [0.29, 0.717) is 23.2 Å². The van der Waals surface area contributed by atoms with Crippen LogP contribution in [-0.4, -0.2) is 48.6 Å². The van der Waals surface area contributed by atoms with Crippen molar-refractivity contribution in [2.75, 3.05) is 26.7 Å². The van der Waals surface area contributed by atoms with Crippen molar-refractivity contribution in [2.45, 2.75) is 38.3 Å². The molecule has 2 aliphatic heterocycles. The molecule has 0 spiro atoms. The summed E-state index contributed by atoms with van der Waals surface area (Å²) in [6.07, 6.45) is 3.73. The first-order chi connectivity index (χ1) is 14.6. The molecule has 6 nitrogen and oxygen atoms in total. The van der Waals surface area contributed by atoms with E-state index in [0.717, 1.165) is 43.5 Å². The monoisotopic (exact) mass is 448 g/mol. The maximum Gasteiger partial charge on any atom is 0.416 e. The van der Waals surface area contributed by atoms with Crippen LogP contribution in [0.2, 0.25) is 5.02 Å². The van der Waals surface area contributed by atoms with E-state index in [1.54, 1.807) is 11.0 Å². The molecule has 0 bridgehead atoms. The molecule has 2 aliphatic rings. The Morgan fingerprint density at radius 2 is 1.90 bits per heavy atom. The summed E-state index contributed by atoms with van der Waals surface area (Å²) in [5.74, 6) is -0.335. The lowest BCUT2D eigenvalue weighted by Crippen LogP contribution is -2.38. The van der Waals surface area contributed by atoms with Crippen LogP contribution in [0.15, 0.2) is 30.3 Å². The third kappa shape index (κ3) is 4.48. The quantitative estimate of drug-likeness (QED) is 0.637.